The van der Waals surface area contributed by atoms with E-state index in [-0.39, 0.29) is 17.1 Å². The smallest absolute Gasteiger partial charge is 0.315 e. The van der Waals surface area contributed by atoms with E-state index in [1.54, 1.807) is 6.20 Å². The molecule has 2 aliphatic rings. The molecule has 1 aromatic heterocycles. The average Bonchev–Trinajstić information content (AvgIpc) is 2.85. The van der Waals surface area contributed by atoms with Gasteiger partial charge in [0.15, 0.2) is 0 Å². The molecule has 3 rings (SSSR count). The zero-order valence-electron chi connectivity index (χ0n) is 11.6. The van der Waals surface area contributed by atoms with Crippen molar-refractivity contribution >= 4 is 23.3 Å². The summed E-state index contributed by atoms with van der Waals surface area (Å²) in [4.78, 5) is 25.3. The highest BCUT2D eigenvalue weighted by Gasteiger charge is 2.27. The van der Waals surface area contributed by atoms with Crippen LogP contribution in [0.25, 0.3) is 0 Å². The number of hydrogen-bond acceptors (Lipinski definition) is 4. The Balaban J connectivity index is 1.56. The van der Waals surface area contributed by atoms with Crippen LogP contribution in [-0.2, 0) is 0 Å². The van der Waals surface area contributed by atoms with Gasteiger partial charge in [0.25, 0.3) is 5.56 Å². The van der Waals surface area contributed by atoms with Crippen LogP contribution < -0.4 is 21.1 Å². The molecule has 1 aromatic rings. The van der Waals surface area contributed by atoms with Crippen LogP contribution in [0.4, 0.5) is 10.5 Å². The Bertz CT molecular complexity index is 586. The molecule has 0 radical (unpaired) electrons. The number of aromatic nitrogens is 2. The first-order valence-electron chi connectivity index (χ1n) is 7.18. The lowest BCUT2D eigenvalue weighted by Crippen LogP contribution is -2.49. The maximum absolute atomic E-state index is 11.8. The van der Waals surface area contributed by atoms with Crippen LogP contribution in [0.2, 0.25) is 5.02 Å². The highest BCUT2D eigenvalue weighted by atomic mass is 35.5. The predicted molar refractivity (Wildman–Crippen MR) is 79.8 cm³/mol. The van der Waals surface area contributed by atoms with Crippen molar-refractivity contribution in [2.45, 2.75) is 37.8 Å². The monoisotopic (exact) mass is 311 g/mol. The second kappa shape index (κ2) is 5.93. The van der Waals surface area contributed by atoms with E-state index in [4.69, 9.17) is 11.6 Å². The Kier molecular flexibility index (Phi) is 4.01. The van der Waals surface area contributed by atoms with Gasteiger partial charge in [-0.2, -0.15) is 5.10 Å². The van der Waals surface area contributed by atoms with Gasteiger partial charge in [-0.15, -0.1) is 0 Å². The molecule has 114 valence electrons. The van der Waals surface area contributed by atoms with Gasteiger partial charge in [-0.05, 0) is 25.7 Å². The Morgan fingerprint density at radius 2 is 2.10 bits per heavy atom. The third kappa shape index (κ3) is 3.12. The Labute approximate surface area is 127 Å². The molecule has 1 saturated carbocycles. The normalized spacial score (nSPS) is 22.0. The lowest BCUT2D eigenvalue weighted by Gasteiger charge is -2.27. The molecule has 0 bridgehead atoms. The highest BCUT2D eigenvalue weighted by Crippen LogP contribution is 2.24. The minimum atomic E-state index is -0.395. The molecule has 1 aliphatic carbocycles. The van der Waals surface area contributed by atoms with Crippen LogP contribution in [0, 0.1) is 0 Å². The topological polar surface area (TPSA) is 90.1 Å². The van der Waals surface area contributed by atoms with Crippen molar-refractivity contribution in [1.29, 1.82) is 0 Å². The maximum atomic E-state index is 11.8. The second-order valence-corrected chi connectivity index (χ2v) is 5.95. The van der Waals surface area contributed by atoms with Gasteiger partial charge in [-0.1, -0.05) is 11.6 Å². The minimum absolute atomic E-state index is 0.0560. The molecule has 2 fully saturated rings. The fourth-order valence-corrected chi connectivity index (χ4v) is 2.87. The van der Waals surface area contributed by atoms with Crippen LogP contribution in [0.15, 0.2) is 11.0 Å². The molecule has 3 N–H and O–H groups in total. The Morgan fingerprint density at radius 1 is 1.33 bits per heavy atom. The fraction of sp³-hybridized carbons (Fsp3) is 0.615. The minimum Gasteiger partial charge on any atom is -0.367 e. The average molecular weight is 312 g/mol. The van der Waals surface area contributed by atoms with Crippen LogP contribution in [0.3, 0.4) is 0 Å². The zero-order chi connectivity index (χ0) is 14.8. The van der Waals surface area contributed by atoms with Crippen molar-refractivity contribution in [1.82, 2.24) is 20.8 Å². The zero-order valence-corrected chi connectivity index (χ0v) is 12.3. The van der Waals surface area contributed by atoms with Gasteiger partial charge in [-0.3, -0.25) is 4.79 Å². The molecule has 1 atom stereocenters. The quantitative estimate of drug-likeness (QED) is 0.772. The molecule has 0 aromatic carbocycles. The van der Waals surface area contributed by atoms with Gasteiger partial charge < -0.3 is 15.5 Å². The van der Waals surface area contributed by atoms with Gasteiger partial charge >= 0.3 is 6.03 Å². The fourth-order valence-electron chi connectivity index (χ4n) is 2.66. The molecule has 1 aliphatic heterocycles. The third-order valence-electron chi connectivity index (χ3n) is 4.08. The number of nitrogens with one attached hydrogen (secondary N) is 3. The van der Waals surface area contributed by atoms with E-state index < -0.39 is 5.56 Å². The summed E-state index contributed by atoms with van der Waals surface area (Å²) in [6, 6.07) is 0.274. The number of carbonyl (C=O) groups is 1. The largest absolute Gasteiger partial charge is 0.367 e. The Hall–Kier alpha value is -1.76. The van der Waals surface area contributed by atoms with E-state index in [2.05, 4.69) is 20.8 Å². The predicted octanol–water partition coefficient (Wildman–Crippen LogP) is 0.854. The highest BCUT2D eigenvalue weighted by molar-refractivity contribution is 6.33. The van der Waals surface area contributed by atoms with E-state index in [0.717, 1.165) is 25.8 Å². The van der Waals surface area contributed by atoms with Crippen LogP contribution in [-0.4, -0.2) is 41.4 Å². The van der Waals surface area contributed by atoms with E-state index in [9.17, 15) is 9.59 Å². The number of urea groups is 1. The summed E-state index contributed by atoms with van der Waals surface area (Å²) >= 11 is 6.00. The number of hydrogen-bond donors (Lipinski definition) is 3. The van der Waals surface area contributed by atoms with E-state index in [1.165, 1.54) is 6.42 Å². The van der Waals surface area contributed by atoms with Gasteiger partial charge in [-0.25, -0.2) is 9.89 Å². The van der Waals surface area contributed by atoms with Gasteiger partial charge in [0.1, 0.15) is 5.02 Å². The number of rotatable bonds is 3. The first-order valence-corrected chi connectivity index (χ1v) is 7.56. The van der Waals surface area contributed by atoms with Crippen molar-refractivity contribution < 1.29 is 4.79 Å². The van der Waals surface area contributed by atoms with Gasteiger partial charge in [0, 0.05) is 25.2 Å². The first kappa shape index (κ1) is 14.2. The van der Waals surface area contributed by atoms with Crippen molar-refractivity contribution in [2.24, 2.45) is 0 Å². The number of anilines is 1. The number of halogens is 1. The van der Waals surface area contributed by atoms with Crippen molar-refractivity contribution in [3.05, 3.63) is 21.6 Å². The lowest BCUT2D eigenvalue weighted by atomic mass is 9.93. The van der Waals surface area contributed by atoms with E-state index in [1.807, 2.05) is 4.90 Å². The Morgan fingerprint density at radius 3 is 2.81 bits per heavy atom. The molecule has 0 spiro atoms. The second-order valence-electron chi connectivity index (χ2n) is 5.58. The summed E-state index contributed by atoms with van der Waals surface area (Å²) in [6.07, 6.45) is 5.69. The molecule has 7 nitrogen and oxygen atoms in total. The van der Waals surface area contributed by atoms with Gasteiger partial charge in [0.2, 0.25) is 0 Å². The molecule has 8 heteroatoms. The molecule has 1 saturated heterocycles. The molecule has 2 heterocycles. The first-order chi connectivity index (χ1) is 10.1. The van der Waals surface area contributed by atoms with Crippen LogP contribution >= 0.6 is 11.6 Å². The summed E-state index contributed by atoms with van der Waals surface area (Å²) in [5.41, 5.74) is 0.220. The molecule has 2 amide bonds. The summed E-state index contributed by atoms with van der Waals surface area (Å²) in [6.45, 7) is 1.36. The third-order valence-corrected chi connectivity index (χ3v) is 4.45. The maximum Gasteiger partial charge on any atom is 0.315 e. The molecular weight excluding hydrogens is 294 g/mol. The summed E-state index contributed by atoms with van der Waals surface area (Å²) in [5, 5.41) is 12.1. The summed E-state index contributed by atoms with van der Waals surface area (Å²) in [5.74, 6) is 0. The molecular formula is C13H18ClN5O2. The van der Waals surface area contributed by atoms with Crippen molar-refractivity contribution in [3.63, 3.8) is 0 Å². The van der Waals surface area contributed by atoms with E-state index >= 15 is 0 Å². The number of H-pyrrole nitrogens is 1. The number of nitrogens with zero attached hydrogens (tertiary/aromatic N) is 2. The van der Waals surface area contributed by atoms with Crippen LogP contribution in [0.1, 0.15) is 25.7 Å². The lowest BCUT2D eigenvalue weighted by molar-refractivity contribution is 0.225. The number of amides is 2. The standard InChI is InChI=1S/C13H18ClN5O2/c14-11-10(6-15-18-12(11)20)19-5-4-9(7-19)17-13(21)16-8-2-1-3-8/h6,8-9H,1-5,7H2,(H,18,20)(H2,16,17,21)/t9-/m1/s1. The summed E-state index contributed by atoms with van der Waals surface area (Å²) in [7, 11) is 0. The van der Waals surface area contributed by atoms with Crippen molar-refractivity contribution in [3.8, 4) is 0 Å². The summed E-state index contributed by atoms with van der Waals surface area (Å²) < 4.78 is 0. The van der Waals surface area contributed by atoms with Crippen LogP contribution in [0.5, 0.6) is 0 Å². The van der Waals surface area contributed by atoms with Gasteiger partial charge in [0.05, 0.1) is 11.9 Å². The molecule has 21 heavy (non-hydrogen) atoms. The SMILES string of the molecule is O=C(NC1CCC1)N[C@@H]1CCN(c2cn[nH]c(=O)c2Cl)C1. The molecule has 0 unspecified atom stereocenters. The van der Waals surface area contributed by atoms with E-state index in [0.29, 0.717) is 18.3 Å². The number of carbonyl (C=O) groups excluding carboxylic acids is 1. The number of aromatic amines is 1. The van der Waals surface area contributed by atoms with Crippen molar-refractivity contribution in [2.75, 3.05) is 18.0 Å².